The van der Waals surface area contributed by atoms with Gasteiger partial charge in [-0.15, -0.1) is 22.7 Å². The second-order valence-electron chi connectivity index (χ2n) is 7.74. The first-order valence-electron chi connectivity index (χ1n) is 10.6. The van der Waals surface area contributed by atoms with Gasteiger partial charge in [-0.2, -0.15) is 0 Å². The molecule has 0 atom stereocenters. The standard InChI is InChI=1S/C13H11N3OS.C12H9N3OS/c1-7-4-2-3-5-8(7)9-6-18-11-10(9)15-13(14)16-12(11)17;13-12-14-9-8(7-4-2-1-3-5-7)6-17-10(9)11(16)15-12/h2-6H,1H3,(H3,14,15,16,17);1-6H,(H3,13,14,15,16). The van der Waals surface area contributed by atoms with E-state index in [-0.39, 0.29) is 23.0 Å². The fourth-order valence-corrected chi connectivity index (χ4v) is 5.59. The Morgan fingerprint density at radius 3 is 1.80 bits per heavy atom. The molecule has 35 heavy (non-hydrogen) atoms. The number of fused-ring (bicyclic) bond motifs is 2. The summed E-state index contributed by atoms with van der Waals surface area (Å²) >= 11 is 2.77. The van der Waals surface area contributed by atoms with Gasteiger partial charge in [-0.1, -0.05) is 54.6 Å². The molecule has 0 spiro atoms. The van der Waals surface area contributed by atoms with E-state index in [4.69, 9.17) is 11.5 Å². The number of nitrogen functional groups attached to an aromatic ring is 2. The van der Waals surface area contributed by atoms with Gasteiger partial charge in [-0.3, -0.25) is 19.6 Å². The van der Waals surface area contributed by atoms with Crippen molar-refractivity contribution in [1.29, 1.82) is 0 Å². The highest BCUT2D eigenvalue weighted by molar-refractivity contribution is 7.18. The fraction of sp³-hybridized carbons (Fsp3) is 0.0400. The molecule has 6 rings (SSSR count). The van der Waals surface area contributed by atoms with Crippen molar-refractivity contribution in [3.8, 4) is 22.3 Å². The van der Waals surface area contributed by atoms with Crippen molar-refractivity contribution >= 4 is 55.0 Å². The van der Waals surface area contributed by atoms with Crippen LogP contribution in [0.4, 0.5) is 11.9 Å². The van der Waals surface area contributed by atoms with Crippen molar-refractivity contribution in [2.75, 3.05) is 11.5 Å². The second-order valence-corrected chi connectivity index (χ2v) is 9.50. The molecule has 0 saturated heterocycles. The Bertz CT molecular complexity index is 1780. The summed E-state index contributed by atoms with van der Waals surface area (Å²) in [5, 5.41) is 3.89. The van der Waals surface area contributed by atoms with Crippen molar-refractivity contribution in [3.63, 3.8) is 0 Å². The fourth-order valence-electron chi connectivity index (χ4n) is 3.78. The van der Waals surface area contributed by atoms with Crippen LogP contribution in [0, 0.1) is 6.92 Å². The molecular weight excluding hydrogens is 480 g/mol. The van der Waals surface area contributed by atoms with Crippen LogP contribution in [0.25, 0.3) is 42.7 Å². The van der Waals surface area contributed by atoms with Gasteiger partial charge in [0.05, 0.1) is 11.0 Å². The lowest BCUT2D eigenvalue weighted by molar-refractivity contribution is 1.20. The first-order chi connectivity index (χ1) is 16.9. The first kappa shape index (κ1) is 22.5. The van der Waals surface area contributed by atoms with Gasteiger partial charge in [0.15, 0.2) is 0 Å². The maximum absolute atomic E-state index is 11.8. The summed E-state index contributed by atoms with van der Waals surface area (Å²) in [4.78, 5) is 36.9. The van der Waals surface area contributed by atoms with E-state index in [0.717, 1.165) is 27.8 Å². The van der Waals surface area contributed by atoms with Crippen LogP contribution in [0.1, 0.15) is 5.56 Å². The van der Waals surface area contributed by atoms with E-state index in [9.17, 15) is 9.59 Å². The van der Waals surface area contributed by atoms with E-state index >= 15 is 0 Å². The molecule has 10 heteroatoms. The number of nitrogens with two attached hydrogens (primary N) is 2. The van der Waals surface area contributed by atoms with Gasteiger partial charge in [-0.05, 0) is 23.6 Å². The quantitative estimate of drug-likeness (QED) is 0.269. The van der Waals surface area contributed by atoms with Gasteiger partial charge in [-0.25, -0.2) is 9.97 Å². The lowest BCUT2D eigenvalue weighted by Crippen LogP contribution is -2.09. The maximum atomic E-state index is 11.8. The molecule has 174 valence electrons. The number of aromatic amines is 2. The zero-order valence-electron chi connectivity index (χ0n) is 18.5. The van der Waals surface area contributed by atoms with Crippen LogP contribution in [0.15, 0.2) is 74.9 Å². The van der Waals surface area contributed by atoms with E-state index in [1.807, 2.05) is 72.3 Å². The number of H-pyrrole nitrogens is 2. The predicted molar refractivity (Wildman–Crippen MR) is 145 cm³/mol. The van der Waals surface area contributed by atoms with E-state index in [1.165, 1.54) is 22.7 Å². The van der Waals surface area contributed by atoms with Crippen LogP contribution in [-0.2, 0) is 0 Å². The van der Waals surface area contributed by atoms with Gasteiger partial charge in [0.1, 0.15) is 9.40 Å². The van der Waals surface area contributed by atoms with Crippen LogP contribution in [-0.4, -0.2) is 19.9 Å². The number of aromatic nitrogens is 4. The molecule has 2 aromatic carbocycles. The van der Waals surface area contributed by atoms with Crippen LogP contribution < -0.4 is 22.6 Å². The first-order valence-corrected chi connectivity index (χ1v) is 12.3. The van der Waals surface area contributed by atoms with Crippen molar-refractivity contribution in [3.05, 3.63) is 91.6 Å². The molecule has 0 bridgehead atoms. The second kappa shape index (κ2) is 9.16. The van der Waals surface area contributed by atoms with Gasteiger partial charge < -0.3 is 11.5 Å². The molecule has 4 aromatic heterocycles. The minimum absolute atomic E-state index is 0.151. The normalized spacial score (nSPS) is 10.9. The number of anilines is 2. The summed E-state index contributed by atoms with van der Waals surface area (Å²) < 4.78 is 1.22. The van der Waals surface area contributed by atoms with Crippen LogP contribution in [0.5, 0.6) is 0 Å². The van der Waals surface area contributed by atoms with Crippen LogP contribution in [0.2, 0.25) is 0 Å². The summed E-state index contributed by atoms with van der Waals surface area (Å²) in [5.74, 6) is 0.304. The van der Waals surface area contributed by atoms with Crippen LogP contribution >= 0.6 is 22.7 Å². The molecule has 0 aliphatic rings. The lowest BCUT2D eigenvalue weighted by Gasteiger charge is -2.03. The van der Waals surface area contributed by atoms with Gasteiger partial charge in [0, 0.05) is 21.9 Å². The van der Waals surface area contributed by atoms with Crippen molar-refractivity contribution in [1.82, 2.24) is 19.9 Å². The van der Waals surface area contributed by atoms with E-state index in [0.29, 0.717) is 20.4 Å². The summed E-state index contributed by atoms with van der Waals surface area (Å²) in [6.45, 7) is 2.04. The van der Waals surface area contributed by atoms with E-state index < -0.39 is 0 Å². The van der Waals surface area contributed by atoms with Gasteiger partial charge in [0.2, 0.25) is 11.9 Å². The number of nitrogens with zero attached hydrogens (tertiary/aromatic N) is 2. The molecule has 4 heterocycles. The number of nitrogens with one attached hydrogen (secondary N) is 2. The molecule has 6 N–H and O–H groups in total. The average molecular weight is 501 g/mol. The monoisotopic (exact) mass is 500 g/mol. The molecule has 0 aliphatic heterocycles. The van der Waals surface area contributed by atoms with Crippen molar-refractivity contribution < 1.29 is 0 Å². The smallest absolute Gasteiger partial charge is 0.270 e. The summed E-state index contributed by atoms with van der Waals surface area (Å²) in [5.41, 5.74) is 17.3. The SMILES string of the molecule is Cc1ccccc1-c1csc2c(=O)[nH]c(N)nc12.Nc1nc2c(-c3ccccc3)csc2c(=O)[nH]1. The van der Waals surface area contributed by atoms with Crippen LogP contribution in [0.3, 0.4) is 0 Å². The molecule has 6 aromatic rings. The third-order valence-electron chi connectivity index (χ3n) is 5.41. The highest BCUT2D eigenvalue weighted by Crippen LogP contribution is 2.33. The van der Waals surface area contributed by atoms with Gasteiger partial charge in [0.25, 0.3) is 11.1 Å². The third-order valence-corrected chi connectivity index (χ3v) is 7.35. The number of rotatable bonds is 2. The van der Waals surface area contributed by atoms with E-state index in [2.05, 4.69) is 19.9 Å². The number of hydrogen-bond donors (Lipinski definition) is 4. The number of benzene rings is 2. The Morgan fingerprint density at radius 2 is 1.20 bits per heavy atom. The molecule has 0 unspecified atom stereocenters. The minimum atomic E-state index is -0.181. The zero-order valence-corrected chi connectivity index (χ0v) is 20.2. The van der Waals surface area contributed by atoms with Crippen molar-refractivity contribution in [2.24, 2.45) is 0 Å². The summed E-state index contributed by atoms with van der Waals surface area (Å²) in [7, 11) is 0. The molecular formula is C25H20N6O2S2. The predicted octanol–water partition coefficient (Wildman–Crippen LogP) is 4.78. The topological polar surface area (TPSA) is 144 Å². The molecule has 0 saturated carbocycles. The Labute approximate surface area is 206 Å². The summed E-state index contributed by atoms with van der Waals surface area (Å²) in [6.07, 6.45) is 0. The van der Waals surface area contributed by atoms with E-state index in [1.54, 1.807) is 0 Å². The molecule has 0 radical (unpaired) electrons. The number of aryl methyl sites for hydroxylation is 1. The zero-order chi connectivity index (χ0) is 24.5. The Hall–Kier alpha value is -4.28. The molecule has 0 amide bonds. The average Bonchev–Trinajstić information content (AvgIpc) is 3.45. The number of thiophene rings is 2. The molecule has 8 nitrogen and oxygen atoms in total. The minimum Gasteiger partial charge on any atom is -0.369 e. The summed E-state index contributed by atoms with van der Waals surface area (Å²) in [6, 6.07) is 17.9. The van der Waals surface area contributed by atoms with Gasteiger partial charge >= 0.3 is 0 Å². The Balaban J connectivity index is 0.000000145. The maximum Gasteiger partial charge on any atom is 0.270 e. The highest BCUT2D eigenvalue weighted by Gasteiger charge is 2.13. The van der Waals surface area contributed by atoms with Crippen molar-refractivity contribution in [2.45, 2.75) is 6.92 Å². The largest absolute Gasteiger partial charge is 0.369 e. The highest BCUT2D eigenvalue weighted by atomic mass is 32.1. The Kier molecular flexibility index (Phi) is 5.89. The molecule has 0 aliphatic carbocycles. The number of hydrogen-bond acceptors (Lipinski definition) is 8. The third kappa shape index (κ3) is 4.32. The Morgan fingerprint density at radius 1 is 0.686 bits per heavy atom. The molecule has 0 fully saturated rings. The lowest BCUT2D eigenvalue weighted by atomic mass is 10.0.